The van der Waals surface area contributed by atoms with Crippen molar-refractivity contribution in [2.45, 2.75) is 51.9 Å². The molecule has 0 unspecified atom stereocenters. The van der Waals surface area contributed by atoms with Crippen LogP contribution in [0.2, 0.25) is 0 Å². The van der Waals surface area contributed by atoms with Crippen molar-refractivity contribution in [3.63, 3.8) is 0 Å². The Morgan fingerprint density at radius 3 is 2.22 bits per heavy atom. The van der Waals surface area contributed by atoms with Gasteiger partial charge in [0.2, 0.25) is 0 Å². The molecule has 2 rings (SSSR count). The Bertz CT molecular complexity index is 783. The molecule has 0 heterocycles. The van der Waals surface area contributed by atoms with Crippen molar-refractivity contribution in [2.24, 2.45) is 0 Å². The molecule has 5 nitrogen and oxygen atoms in total. The monoisotopic (exact) mass is 389 g/mol. The summed E-state index contributed by atoms with van der Waals surface area (Å²) in [5.74, 6) is -0.387. The van der Waals surface area contributed by atoms with Crippen LogP contribution in [-0.2, 0) is 11.0 Å². The van der Waals surface area contributed by atoms with Crippen LogP contribution in [-0.4, -0.2) is 15.7 Å². The topological polar surface area (TPSA) is 86.6 Å². The van der Waals surface area contributed by atoms with Gasteiger partial charge in [0.1, 0.15) is 0 Å². The van der Waals surface area contributed by atoms with Crippen molar-refractivity contribution in [2.75, 3.05) is 5.32 Å². The van der Waals surface area contributed by atoms with Gasteiger partial charge in [-0.1, -0.05) is 63.3 Å². The summed E-state index contributed by atoms with van der Waals surface area (Å²) in [7, 11) is -4.45. The van der Waals surface area contributed by atoms with E-state index in [0.717, 1.165) is 12.8 Å². The highest BCUT2D eigenvalue weighted by Crippen LogP contribution is 2.36. The van der Waals surface area contributed by atoms with Gasteiger partial charge in [-0.3, -0.25) is 9.36 Å². The third kappa shape index (κ3) is 6.94. The van der Waals surface area contributed by atoms with E-state index in [1.165, 1.54) is 55.9 Å². The highest BCUT2D eigenvalue weighted by atomic mass is 31.2. The van der Waals surface area contributed by atoms with Crippen molar-refractivity contribution in [3.05, 3.63) is 59.7 Å². The molecule has 27 heavy (non-hydrogen) atoms. The molecule has 6 heteroatoms. The van der Waals surface area contributed by atoms with Gasteiger partial charge in [-0.05, 0) is 42.7 Å². The average Bonchev–Trinajstić information content (AvgIpc) is 2.64. The summed E-state index contributed by atoms with van der Waals surface area (Å²) in [6.07, 6.45) is 8.48. The fourth-order valence-corrected chi connectivity index (χ4v) is 3.68. The Hall–Kier alpha value is -1.94. The maximum Gasteiger partial charge on any atom is 0.358 e. The molecule has 0 saturated heterocycles. The second-order valence-electron chi connectivity index (χ2n) is 6.73. The highest BCUT2D eigenvalue weighted by Gasteiger charge is 2.22. The zero-order chi connectivity index (χ0) is 19.7. The first kappa shape index (κ1) is 21.4. The van der Waals surface area contributed by atoms with Crippen LogP contribution in [0.5, 0.6) is 0 Å². The summed E-state index contributed by atoms with van der Waals surface area (Å²) in [6, 6.07) is 13.3. The van der Waals surface area contributed by atoms with Gasteiger partial charge < -0.3 is 15.1 Å². The number of unbranched alkanes of at least 4 members (excludes halogenated alkanes) is 5. The number of nitrogens with one attached hydrogen (secondary N) is 1. The van der Waals surface area contributed by atoms with E-state index in [2.05, 4.69) is 12.2 Å². The lowest BCUT2D eigenvalue weighted by molar-refractivity contribution is 0.102. The van der Waals surface area contributed by atoms with Crippen molar-refractivity contribution in [1.29, 1.82) is 0 Å². The predicted octanol–water partition coefficient (Wildman–Crippen LogP) is 4.64. The fourth-order valence-electron chi connectivity index (χ4n) is 2.96. The molecule has 0 aromatic heterocycles. The van der Waals surface area contributed by atoms with E-state index in [0.29, 0.717) is 5.56 Å². The van der Waals surface area contributed by atoms with E-state index in [4.69, 9.17) is 0 Å². The Balaban J connectivity index is 1.92. The summed E-state index contributed by atoms with van der Waals surface area (Å²) in [4.78, 5) is 31.2. The number of carbonyl (C=O) groups excluding carboxylic acids is 1. The van der Waals surface area contributed by atoms with Crippen molar-refractivity contribution >= 4 is 24.5 Å². The number of para-hydroxylation sites is 1. The largest absolute Gasteiger partial charge is 0.358 e. The van der Waals surface area contributed by atoms with Gasteiger partial charge in [0.25, 0.3) is 5.91 Å². The first-order valence-electron chi connectivity index (χ1n) is 9.47. The van der Waals surface area contributed by atoms with Crippen LogP contribution < -0.4 is 10.6 Å². The second-order valence-corrected chi connectivity index (χ2v) is 8.30. The normalized spacial score (nSPS) is 11.4. The fraction of sp³-hybridized carbons (Fsp3) is 0.381. The molecule has 0 fully saturated rings. The maximum atomic E-state index is 12.4. The first-order valence-corrected chi connectivity index (χ1v) is 11.1. The van der Waals surface area contributed by atoms with Crippen LogP contribution in [0.1, 0.15) is 61.4 Å². The third-order valence-corrected chi connectivity index (χ3v) is 5.52. The predicted molar refractivity (Wildman–Crippen MR) is 110 cm³/mol. The molecule has 0 saturated carbocycles. The molecule has 3 N–H and O–H groups in total. The van der Waals surface area contributed by atoms with Crippen LogP contribution in [0.15, 0.2) is 48.5 Å². The number of aryl methyl sites for hydroxylation is 1. The van der Waals surface area contributed by atoms with E-state index in [1.54, 1.807) is 18.2 Å². The Morgan fingerprint density at radius 2 is 1.56 bits per heavy atom. The second kappa shape index (κ2) is 10.4. The molecule has 0 spiro atoms. The molecule has 0 atom stereocenters. The number of benzene rings is 2. The average molecular weight is 389 g/mol. The van der Waals surface area contributed by atoms with Crippen LogP contribution in [0, 0.1) is 0 Å². The highest BCUT2D eigenvalue weighted by molar-refractivity contribution is 7.60. The Kier molecular flexibility index (Phi) is 8.23. The van der Waals surface area contributed by atoms with E-state index >= 15 is 0 Å². The number of hydrogen-bond donors (Lipinski definition) is 3. The van der Waals surface area contributed by atoms with Crippen molar-refractivity contribution in [1.82, 2.24) is 0 Å². The quantitative estimate of drug-likeness (QED) is 0.408. The number of anilines is 1. The summed E-state index contributed by atoms with van der Waals surface area (Å²) in [5, 5.41) is 2.41. The molecule has 0 aliphatic carbocycles. The van der Waals surface area contributed by atoms with Crippen molar-refractivity contribution < 1.29 is 19.1 Å². The van der Waals surface area contributed by atoms with Gasteiger partial charge in [0.05, 0.1) is 11.0 Å². The number of amides is 1. The van der Waals surface area contributed by atoms with Gasteiger partial charge in [0, 0.05) is 5.56 Å². The molecule has 0 bridgehead atoms. The summed E-state index contributed by atoms with van der Waals surface area (Å²) >= 11 is 0. The minimum absolute atomic E-state index is 0.131. The van der Waals surface area contributed by atoms with Gasteiger partial charge in [-0.2, -0.15) is 0 Å². The van der Waals surface area contributed by atoms with Gasteiger partial charge in [-0.15, -0.1) is 0 Å². The summed E-state index contributed by atoms with van der Waals surface area (Å²) in [5.41, 5.74) is 1.78. The zero-order valence-electron chi connectivity index (χ0n) is 15.7. The standard InChI is InChI=1S/C21H28NO4P/c1-2-3-4-5-6-7-10-17-13-15-18(16-14-17)21(23)22-19-11-8-9-12-20(19)27(24,25)26/h8-9,11-16H,2-7,10H2,1H3,(H,22,23)(H2,24,25,26). The molecule has 0 radical (unpaired) electrons. The molecular weight excluding hydrogens is 361 g/mol. The molecule has 2 aromatic carbocycles. The SMILES string of the molecule is CCCCCCCCc1ccc(C(=O)Nc2ccccc2P(=O)(O)O)cc1. The molecule has 0 aliphatic rings. The van der Waals surface area contributed by atoms with E-state index in [-0.39, 0.29) is 16.9 Å². The zero-order valence-corrected chi connectivity index (χ0v) is 16.6. The van der Waals surface area contributed by atoms with Crippen LogP contribution in [0.3, 0.4) is 0 Å². The van der Waals surface area contributed by atoms with Gasteiger partial charge in [0.15, 0.2) is 0 Å². The van der Waals surface area contributed by atoms with E-state index in [1.807, 2.05) is 12.1 Å². The Morgan fingerprint density at radius 1 is 0.926 bits per heavy atom. The third-order valence-electron chi connectivity index (χ3n) is 4.50. The molecule has 1 amide bonds. The lowest BCUT2D eigenvalue weighted by atomic mass is 10.0. The smallest absolute Gasteiger partial charge is 0.321 e. The molecule has 2 aromatic rings. The van der Waals surface area contributed by atoms with Gasteiger partial charge >= 0.3 is 7.60 Å². The van der Waals surface area contributed by atoms with Crippen LogP contribution in [0.25, 0.3) is 0 Å². The first-order chi connectivity index (χ1) is 12.9. The summed E-state index contributed by atoms with van der Waals surface area (Å²) in [6.45, 7) is 2.21. The number of rotatable bonds is 10. The lowest BCUT2D eigenvalue weighted by Gasteiger charge is -2.12. The van der Waals surface area contributed by atoms with Crippen LogP contribution >= 0.6 is 7.60 Å². The lowest BCUT2D eigenvalue weighted by Crippen LogP contribution is -2.18. The number of hydrogen-bond acceptors (Lipinski definition) is 2. The van der Waals surface area contributed by atoms with Crippen LogP contribution in [0.4, 0.5) is 5.69 Å². The Labute approximate surface area is 161 Å². The maximum absolute atomic E-state index is 12.4. The molecule has 0 aliphatic heterocycles. The minimum Gasteiger partial charge on any atom is -0.321 e. The summed E-state index contributed by atoms with van der Waals surface area (Å²) < 4.78 is 11.5. The van der Waals surface area contributed by atoms with E-state index in [9.17, 15) is 19.1 Å². The number of carbonyl (C=O) groups is 1. The van der Waals surface area contributed by atoms with Crippen molar-refractivity contribution in [3.8, 4) is 0 Å². The van der Waals surface area contributed by atoms with E-state index < -0.39 is 7.60 Å². The molecule has 146 valence electrons. The van der Waals surface area contributed by atoms with Gasteiger partial charge in [-0.25, -0.2) is 0 Å². The molecular formula is C21H28NO4P. The minimum atomic E-state index is -4.45.